The fourth-order valence-corrected chi connectivity index (χ4v) is 4.93. The first-order valence-corrected chi connectivity index (χ1v) is 13.1. The summed E-state index contributed by atoms with van der Waals surface area (Å²) in [6.45, 7) is 6.36. The third kappa shape index (κ3) is 6.67. The summed E-state index contributed by atoms with van der Waals surface area (Å²) in [6.07, 6.45) is 14.4. The molecular formula is C31H36ClN3. The Balaban J connectivity index is 1.52. The smallest absolute Gasteiger partial charge is 0.216 e. The lowest BCUT2D eigenvalue weighted by molar-refractivity contribution is 0.426. The van der Waals surface area contributed by atoms with Crippen LogP contribution in [0.5, 0.6) is 0 Å². The first kappa shape index (κ1) is 25.3. The summed E-state index contributed by atoms with van der Waals surface area (Å²) < 4.78 is 0. The molecule has 0 N–H and O–H groups in total. The molecule has 3 nitrogen and oxygen atoms in total. The predicted molar refractivity (Wildman–Crippen MR) is 147 cm³/mol. The summed E-state index contributed by atoms with van der Waals surface area (Å²) in [5, 5.41) is 0.284. The van der Waals surface area contributed by atoms with Crippen LogP contribution in [0.1, 0.15) is 82.1 Å². The van der Waals surface area contributed by atoms with Crippen LogP contribution in [0.3, 0.4) is 0 Å². The monoisotopic (exact) mass is 485 g/mol. The van der Waals surface area contributed by atoms with Crippen LogP contribution in [0.25, 0.3) is 5.57 Å². The van der Waals surface area contributed by atoms with Gasteiger partial charge in [-0.15, -0.1) is 0 Å². The number of aryl methyl sites for hydroxylation is 1. The second kappa shape index (κ2) is 11.3. The fourth-order valence-electron chi connectivity index (χ4n) is 4.77. The molecule has 1 atom stereocenters. The maximum Gasteiger partial charge on any atom is 0.225 e. The molecule has 1 aliphatic carbocycles. The highest BCUT2D eigenvalue weighted by atomic mass is 35.5. The van der Waals surface area contributed by atoms with Crippen molar-refractivity contribution in [3.05, 3.63) is 107 Å². The van der Waals surface area contributed by atoms with Crippen molar-refractivity contribution in [2.45, 2.75) is 76.5 Å². The number of hydrogen-bond donors (Lipinski definition) is 0. The Morgan fingerprint density at radius 3 is 2.23 bits per heavy atom. The molecule has 0 amide bonds. The molecule has 1 unspecified atom stereocenters. The van der Waals surface area contributed by atoms with Crippen LogP contribution in [0, 0.1) is 0 Å². The van der Waals surface area contributed by atoms with Crippen LogP contribution < -0.4 is 0 Å². The van der Waals surface area contributed by atoms with Crippen molar-refractivity contribution in [1.29, 1.82) is 0 Å². The maximum atomic E-state index is 6.45. The van der Waals surface area contributed by atoms with E-state index >= 15 is 0 Å². The van der Waals surface area contributed by atoms with Crippen molar-refractivity contribution < 1.29 is 0 Å². The van der Waals surface area contributed by atoms with Crippen molar-refractivity contribution in [3.63, 3.8) is 0 Å². The highest BCUT2D eigenvalue weighted by Crippen LogP contribution is 2.42. The molecule has 4 heteroatoms. The molecule has 0 saturated carbocycles. The second-order valence-electron chi connectivity index (χ2n) is 10.7. The molecule has 0 spiro atoms. The number of allylic oxidation sites excluding steroid dienone is 4. The summed E-state index contributed by atoms with van der Waals surface area (Å²) in [7, 11) is 0. The molecule has 1 heterocycles. The largest absolute Gasteiger partial charge is 0.225 e. The van der Waals surface area contributed by atoms with Crippen LogP contribution >= 0.6 is 11.6 Å². The summed E-state index contributed by atoms with van der Waals surface area (Å²) >= 11 is 6.45. The molecule has 0 aliphatic heterocycles. The number of rotatable bonds is 9. The molecule has 2 aromatic carbocycles. The minimum atomic E-state index is -0.286. The molecule has 0 saturated heterocycles. The minimum absolute atomic E-state index is 0.198. The van der Waals surface area contributed by atoms with Gasteiger partial charge >= 0.3 is 0 Å². The van der Waals surface area contributed by atoms with E-state index in [1.807, 2.05) is 0 Å². The lowest BCUT2D eigenvalue weighted by Gasteiger charge is -2.33. The van der Waals surface area contributed by atoms with Crippen LogP contribution in [-0.2, 0) is 17.3 Å². The Hall–Kier alpha value is -2.78. The molecule has 3 aromatic rings. The number of aromatic nitrogens is 3. The third-order valence-electron chi connectivity index (χ3n) is 6.77. The van der Waals surface area contributed by atoms with Crippen molar-refractivity contribution >= 4 is 17.2 Å². The van der Waals surface area contributed by atoms with Crippen molar-refractivity contribution in [2.24, 2.45) is 0 Å². The van der Waals surface area contributed by atoms with Gasteiger partial charge in [0, 0.05) is 5.41 Å². The molecule has 1 aromatic heterocycles. The highest BCUT2D eigenvalue weighted by Gasteiger charge is 2.36. The quantitative estimate of drug-likeness (QED) is 0.286. The van der Waals surface area contributed by atoms with Crippen LogP contribution in [0.2, 0.25) is 5.28 Å². The van der Waals surface area contributed by atoms with E-state index in [1.54, 1.807) is 0 Å². The number of hydrogen-bond acceptors (Lipinski definition) is 3. The van der Waals surface area contributed by atoms with Crippen molar-refractivity contribution in [2.75, 3.05) is 0 Å². The summed E-state index contributed by atoms with van der Waals surface area (Å²) in [5.41, 5.74) is 3.50. The zero-order valence-corrected chi connectivity index (χ0v) is 21.9. The number of unbranched alkanes of at least 4 members (excludes halogenated alkanes) is 3. The van der Waals surface area contributed by atoms with Gasteiger partial charge in [0.1, 0.15) is 11.6 Å². The van der Waals surface area contributed by atoms with Gasteiger partial charge in [-0.1, -0.05) is 119 Å². The molecule has 0 bridgehead atoms. The van der Waals surface area contributed by atoms with E-state index in [4.69, 9.17) is 21.6 Å². The normalized spacial score (nSPS) is 17.9. The molecule has 1 aliphatic rings. The Bertz CT molecular complexity index is 1160. The third-order valence-corrected chi connectivity index (χ3v) is 6.94. The van der Waals surface area contributed by atoms with Gasteiger partial charge in [0.2, 0.25) is 5.28 Å². The molecular weight excluding hydrogens is 450 g/mol. The summed E-state index contributed by atoms with van der Waals surface area (Å²) in [5.74, 6) is 1.54. The SMILES string of the molecule is CC(C)(C)c1nc(Cl)nc(C2(CCCCCCc3ccccc3)C=CC=C(c3ccccc3)C2)n1. The summed E-state index contributed by atoms with van der Waals surface area (Å²) in [4.78, 5) is 14.2. The highest BCUT2D eigenvalue weighted by molar-refractivity contribution is 6.28. The number of nitrogens with zero attached hydrogens (tertiary/aromatic N) is 3. The topological polar surface area (TPSA) is 38.7 Å². The van der Waals surface area contributed by atoms with Gasteiger partial charge in [0.25, 0.3) is 0 Å². The average Bonchev–Trinajstić information content (AvgIpc) is 2.86. The van der Waals surface area contributed by atoms with Crippen molar-refractivity contribution in [1.82, 2.24) is 15.0 Å². The van der Waals surface area contributed by atoms with Crippen LogP contribution in [-0.4, -0.2) is 15.0 Å². The molecule has 0 radical (unpaired) electrons. The van der Waals surface area contributed by atoms with Gasteiger partial charge in [0.15, 0.2) is 0 Å². The van der Waals surface area contributed by atoms with E-state index in [2.05, 4.69) is 105 Å². The Kier molecular flexibility index (Phi) is 8.18. The average molecular weight is 486 g/mol. The maximum absolute atomic E-state index is 6.45. The van der Waals surface area contributed by atoms with Gasteiger partial charge in [-0.05, 0) is 54.0 Å². The van der Waals surface area contributed by atoms with E-state index in [9.17, 15) is 0 Å². The Morgan fingerprint density at radius 2 is 1.51 bits per heavy atom. The molecule has 0 fully saturated rings. The molecule has 182 valence electrons. The first-order valence-electron chi connectivity index (χ1n) is 12.8. The number of halogens is 1. The van der Waals surface area contributed by atoms with Gasteiger partial charge < -0.3 is 0 Å². The standard InChI is InChI=1S/C31H36ClN3/c1-30(2,3)27-33-28(35-29(32)34-27)31(21-13-5-4-8-15-24-16-9-6-10-17-24)22-14-20-26(23-31)25-18-11-7-12-19-25/h6-7,9-12,14,16-20,22H,4-5,8,13,15,21,23H2,1-3H3. The second-order valence-corrected chi connectivity index (χ2v) is 11.0. The minimum Gasteiger partial charge on any atom is -0.216 e. The zero-order valence-electron chi connectivity index (χ0n) is 21.2. The van der Waals surface area contributed by atoms with E-state index in [0.29, 0.717) is 0 Å². The van der Waals surface area contributed by atoms with Gasteiger partial charge in [0.05, 0.1) is 5.41 Å². The lowest BCUT2D eigenvalue weighted by Crippen LogP contribution is -2.31. The zero-order chi connectivity index (χ0) is 24.7. The van der Waals surface area contributed by atoms with E-state index < -0.39 is 0 Å². The van der Waals surface area contributed by atoms with Gasteiger partial charge in [-0.25, -0.2) is 15.0 Å². The van der Waals surface area contributed by atoms with Crippen LogP contribution in [0.4, 0.5) is 0 Å². The van der Waals surface area contributed by atoms with E-state index in [1.165, 1.54) is 36.0 Å². The van der Waals surface area contributed by atoms with Gasteiger partial charge in [-0.3, -0.25) is 0 Å². The first-order chi connectivity index (χ1) is 16.9. The molecule has 4 rings (SSSR count). The lowest BCUT2D eigenvalue weighted by atomic mass is 9.72. The van der Waals surface area contributed by atoms with Crippen LogP contribution in [0.15, 0.2) is 78.9 Å². The van der Waals surface area contributed by atoms with Gasteiger partial charge in [-0.2, -0.15) is 0 Å². The predicted octanol–water partition coefficient (Wildman–Crippen LogP) is 8.30. The van der Waals surface area contributed by atoms with E-state index in [-0.39, 0.29) is 16.1 Å². The Labute approximate surface area is 215 Å². The number of benzene rings is 2. The summed E-state index contributed by atoms with van der Waals surface area (Å²) in [6, 6.07) is 21.4. The Morgan fingerprint density at radius 1 is 0.829 bits per heavy atom. The fraction of sp³-hybridized carbons (Fsp3) is 0.387. The van der Waals surface area contributed by atoms with Crippen molar-refractivity contribution in [3.8, 4) is 0 Å². The molecule has 35 heavy (non-hydrogen) atoms. The van der Waals surface area contributed by atoms with E-state index in [0.717, 1.165) is 37.3 Å².